The first-order chi connectivity index (χ1) is 9.47. The fourth-order valence-corrected chi connectivity index (χ4v) is 1.69. The second kappa shape index (κ2) is 5.56. The smallest absolute Gasteiger partial charge is 0.269 e. The van der Waals surface area contributed by atoms with Gasteiger partial charge in [0.05, 0.1) is 4.92 Å². The third kappa shape index (κ3) is 3.03. The van der Waals surface area contributed by atoms with Gasteiger partial charge in [-0.05, 0) is 23.8 Å². The quantitative estimate of drug-likeness (QED) is 0.662. The van der Waals surface area contributed by atoms with Crippen LogP contribution in [0.25, 0.3) is 11.1 Å². The maximum absolute atomic E-state index is 11.6. The number of non-ortho nitro benzene ring substituents is 1. The van der Waals surface area contributed by atoms with E-state index in [-0.39, 0.29) is 17.5 Å². The van der Waals surface area contributed by atoms with Crippen molar-refractivity contribution in [2.75, 3.05) is 5.32 Å². The van der Waals surface area contributed by atoms with Gasteiger partial charge in [0.15, 0.2) is 0 Å². The molecule has 0 aliphatic carbocycles. The van der Waals surface area contributed by atoms with Gasteiger partial charge in [0.1, 0.15) is 5.82 Å². The van der Waals surface area contributed by atoms with Crippen molar-refractivity contribution >= 4 is 17.4 Å². The molecule has 1 aromatic carbocycles. The number of aromatic nitrogens is 1. The van der Waals surface area contributed by atoms with Crippen LogP contribution in [-0.2, 0) is 4.79 Å². The molecule has 0 saturated heterocycles. The molecule has 6 nitrogen and oxygen atoms in total. The summed E-state index contributed by atoms with van der Waals surface area (Å²) in [5.41, 5.74) is 1.76. The number of anilines is 1. The van der Waals surface area contributed by atoms with Crippen LogP contribution in [0.3, 0.4) is 0 Å². The molecular weight excluding hydrogens is 258 g/mol. The molecule has 20 heavy (non-hydrogen) atoms. The van der Waals surface area contributed by atoms with Gasteiger partial charge in [-0.2, -0.15) is 0 Å². The largest absolute Gasteiger partial charge is 0.348 e. The molecule has 0 fully saturated rings. The Labute approximate surface area is 116 Å². The summed E-state index contributed by atoms with van der Waals surface area (Å²) >= 11 is 0. The molecule has 0 radical (unpaired) electrons. The lowest BCUT2D eigenvalue weighted by Crippen LogP contribution is -2.17. The molecule has 104 valence electrons. The average molecular weight is 273 g/mol. The number of nitrogens with one attached hydrogen (secondary N) is 2. The fourth-order valence-electron chi connectivity index (χ4n) is 1.69. The van der Waals surface area contributed by atoms with E-state index in [1.165, 1.54) is 12.1 Å². The van der Waals surface area contributed by atoms with Gasteiger partial charge in [-0.25, -0.2) is 0 Å². The Hall–Kier alpha value is -2.63. The lowest BCUT2D eigenvalue weighted by molar-refractivity contribution is -0.384. The molecule has 0 aliphatic heterocycles. The number of aromatic amines is 1. The van der Waals surface area contributed by atoms with Crippen molar-refractivity contribution in [1.82, 2.24) is 4.98 Å². The first-order valence-corrected chi connectivity index (χ1v) is 6.21. The first kappa shape index (κ1) is 13.8. The fraction of sp³-hybridized carbons (Fsp3) is 0.214. The SMILES string of the molecule is CC(C)C(=O)Nc1cc(-c2ccc([N+](=O)[O-])cc2)c[nH]1. The summed E-state index contributed by atoms with van der Waals surface area (Å²) in [7, 11) is 0. The molecule has 0 aliphatic rings. The van der Waals surface area contributed by atoms with E-state index >= 15 is 0 Å². The monoisotopic (exact) mass is 273 g/mol. The summed E-state index contributed by atoms with van der Waals surface area (Å²) < 4.78 is 0. The minimum absolute atomic E-state index is 0.0534. The number of nitro groups is 1. The summed E-state index contributed by atoms with van der Waals surface area (Å²) in [6.07, 6.45) is 1.75. The summed E-state index contributed by atoms with van der Waals surface area (Å²) in [6, 6.07) is 8.05. The normalized spacial score (nSPS) is 10.6. The van der Waals surface area contributed by atoms with Crippen molar-refractivity contribution in [3.63, 3.8) is 0 Å². The first-order valence-electron chi connectivity index (χ1n) is 6.21. The Bertz CT molecular complexity index is 629. The Morgan fingerprint density at radius 2 is 1.90 bits per heavy atom. The van der Waals surface area contributed by atoms with Crippen molar-refractivity contribution in [3.05, 3.63) is 46.6 Å². The second-order valence-electron chi connectivity index (χ2n) is 4.75. The predicted octanol–water partition coefficient (Wildman–Crippen LogP) is 3.18. The van der Waals surface area contributed by atoms with Crippen LogP contribution >= 0.6 is 0 Å². The number of hydrogen-bond acceptors (Lipinski definition) is 3. The number of nitrogens with zero attached hydrogens (tertiary/aromatic N) is 1. The molecule has 0 spiro atoms. The molecule has 0 saturated carbocycles. The van der Waals surface area contributed by atoms with Crippen molar-refractivity contribution in [2.24, 2.45) is 5.92 Å². The van der Waals surface area contributed by atoms with Crippen molar-refractivity contribution in [2.45, 2.75) is 13.8 Å². The number of hydrogen-bond donors (Lipinski definition) is 2. The van der Waals surface area contributed by atoms with Crippen molar-refractivity contribution in [1.29, 1.82) is 0 Å². The highest BCUT2D eigenvalue weighted by molar-refractivity contribution is 5.92. The number of benzene rings is 1. The molecule has 6 heteroatoms. The molecule has 0 unspecified atom stereocenters. The van der Waals surface area contributed by atoms with E-state index < -0.39 is 4.92 Å². The number of carbonyl (C=O) groups excluding carboxylic acids is 1. The molecule has 0 bridgehead atoms. The van der Waals surface area contributed by atoms with E-state index in [9.17, 15) is 14.9 Å². The average Bonchev–Trinajstić information content (AvgIpc) is 2.87. The zero-order valence-corrected chi connectivity index (χ0v) is 11.2. The predicted molar refractivity (Wildman–Crippen MR) is 76.4 cm³/mol. The number of amides is 1. The summed E-state index contributed by atoms with van der Waals surface area (Å²) in [4.78, 5) is 24.7. The van der Waals surface area contributed by atoms with Crippen LogP contribution in [0.1, 0.15) is 13.8 Å². The van der Waals surface area contributed by atoms with Crippen molar-refractivity contribution < 1.29 is 9.72 Å². The van der Waals surface area contributed by atoms with Gasteiger partial charge in [0.25, 0.3) is 5.69 Å². The van der Waals surface area contributed by atoms with E-state index in [0.717, 1.165) is 11.1 Å². The summed E-state index contributed by atoms with van der Waals surface area (Å²) in [6.45, 7) is 3.63. The van der Waals surface area contributed by atoms with Crippen LogP contribution in [0.4, 0.5) is 11.5 Å². The van der Waals surface area contributed by atoms with Crippen LogP contribution in [0, 0.1) is 16.0 Å². The summed E-state index contributed by atoms with van der Waals surface area (Å²) in [5.74, 6) is 0.445. The molecule has 2 aromatic rings. The lowest BCUT2D eigenvalue weighted by atomic mass is 10.1. The summed E-state index contributed by atoms with van der Waals surface area (Å²) in [5, 5.41) is 13.3. The van der Waals surface area contributed by atoms with Crippen LogP contribution in [-0.4, -0.2) is 15.8 Å². The van der Waals surface area contributed by atoms with Gasteiger partial charge in [-0.3, -0.25) is 14.9 Å². The minimum atomic E-state index is -0.435. The third-order valence-corrected chi connectivity index (χ3v) is 2.88. The Balaban J connectivity index is 2.16. The maximum Gasteiger partial charge on any atom is 0.269 e. The Kier molecular flexibility index (Phi) is 3.84. The van der Waals surface area contributed by atoms with Crippen LogP contribution < -0.4 is 5.32 Å². The topological polar surface area (TPSA) is 88.0 Å². The van der Waals surface area contributed by atoms with Crippen LogP contribution in [0.5, 0.6) is 0 Å². The van der Waals surface area contributed by atoms with Gasteiger partial charge in [-0.15, -0.1) is 0 Å². The zero-order valence-electron chi connectivity index (χ0n) is 11.2. The van der Waals surface area contributed by atoms with E-state index in [1.807, 2.05) is 13.8 Å². The number of rotatable bonds is 4. The van der Waals surface area contributed by atoms with Gasteiger partial charge < -0.3 is 10.3 Å². The lowest BCUT2D eigenvalue weighted by Gasteiger charge is -2.04. The molecule has 2 rings (SSSR count). The second-order valence-corrected chi connectivity index (χ2v) is 4.75. The van der Waals surface area contributed by atoms with Gasteiger partial charge in [-0.1, -0.05) is 13.8 Å². The number of H-pyrrole nitrogens is 1. The van der Waals surface area contributed by atoms with E-state index in [2.05, 4.69) is 10.3 Å². The van der Waals surface area contributed by atoms with Crippen LogP contribution in [0.15, 0.2) is 36.5 Å². The minimum Gasteiger partial charge on any atom is -0.348 e. The van der Waals surface area contributed by atoms with E-state index in [4.69, 9.17) is 0 Å². The molecule has 1 amide bonds. The van der Waals surface area contributed by atoms with Crippen LogP contribution in [0.2, 0.25) is 0 Å². The van der Waals surface area contributed by atoms with Gasteiger partial charge >= 0.3 is 0 Å². The molecular formula is C14H15N3O3. The Morgan fingerprint density at radius 3 is 2.45 bits per heavy atom. The van der Waals surface area contributed by atoms with Gasteiger partial charge in [0.2, 0.25) is 5.91 Å². The molecule has 2 N–H and O–H groups in total. The van der Waals surface area contributed by atoms with E-state index in [1.54, 1.807) is 24.4 Å². The van der Waals surface area contributed by atoms with E-state index in [0.29, 0.717) is 5.82 Å². The highest BCUT2D eigenvalue weighted by Gasteiger charge is 2.10. The number of nitro benzene ring substituents is 1. The van der Waals surface area contributed by atoms with Crippen molar-refractivity contribution in [3.8, 4) is 11.1 Å². The maximum atomic E-state index is 11.6. The van der Waals surface area contributed by atoms with Gasteiger partial charge in [0, 0.05) is 29.8 Å². The highest BCUT2D eigenvalue weighted by Crippen LogP contribution is 2.24. The third-order valence-electron chi connectivity index (χ3n) is 2.88. The standard InChI is InChI=1S/C14H15N3O3/c1-9(2)14(18)16-13-7-11(8-15-13)10-3-5-12(6-4-10)17(19)20/h3-9,15H,1-2H3,(H,16,18). The Morgan fingerprint density at radius 1 is 1.25 bits per heavy atom. The zero-order chi connectivity index (χ0) is 14.7. The highest BCUT2D eigenvalue weighted by atomic mass is 16.6. The number of carbonyl (C=O) groups is 1. The molecule has 0 atom stereocenters. The molecule has 1 heterocycles. The molecule has 1 aromatic heterocycles.